The number of rotatable bonds is 4. The summed E-state index contributed by atoms with van der Waals surface area (Å²) in [7, 11) is 0. The van der Waals surface area contributed by atoms with Gasteiger partial charge in [0.2, 0.25) is 0 Å². The third-order valence-corrected chi connectivity index (χ3v) is 4.50. The van der Waals surface area contributed by atoms with E-state index in [9.17, 15) is 27.8 Å². The summed E-state index contributed by atoms with van der Waals surface area (Å²) in [5.41, 5.74) is -1.70. The SMILES string of the molecule is C[C@@H](N[S+]([O-])C(C)(C)C)c1cc([N+](=O)[O-])cc(C(F)(F)F)c1. The van der Waals surface area contributed by atoms with Crippen LogP contribution in [-0.2, 0) is 17.5 Å². The molecule has 9 heteroatoms. The lowest BCUT2D eigenvalue weighted by Gasteiger charge is -2.26. The predicted molar refractivity (Wildman–Crippen MR) is 77.5 cm³/mol. The summed E-state index contributed by atoms with van der Waals surface area (Å²) in [4.78, 5) is 9.91. The Morgan fingerprint density at radius 3 is 2.18 bits per heavy atom. The molecule has 0 saturated heterocycles. The molecule has 1 rings (SSSR count). The molecule has 0 aliphatic heterocycles. The van der Waals surface area contributed by atoms with E-state index in [0.717, 1.165) is 12.1 Å². The molecule has 1 aromatic carbocycles. The first kappa shape index (κ1) is 18.7. The highest BCUT2D eigenvalue weighted by Crippen LogP contribution is 2.34. The maximum Gasteiger partial charge on any atom is 0.416 e. The molecule has 0 fully saturated rings. The zero-order valence-corrected chi connectivity index (χ0v) is 13.3. The minimum absolute atomic E-state index is 0.0547. The van der Waals surface area contributed by atoms with Crippen LogP contribution in [0.4, 0.5) is 18.9 Å². The first-order valence-electron chi connectivity index (χ1n) is 6.37. The maximum absolute atomic E-state index is 12.8. The number of nitro benzene ring substituents is 1. The summed E-state index contributed by atoms with van der Waals surface area (Å²) in [6, 6.07) is 1.62. The Hall–Kier alpha value is -1.32. The van der Waals surface area contributed by atoms with Gasteiger partial charge in [0.25, 0.3) is 5.69 Å². The molecule has 0 aliphatic rings. The summed E-state index contributed by atoms with van der Waals surface area (Å²) in [5, 5.41) is 10.8. The van der Waals surface area contributed by atoms with E-state index in [0.29, 0.717) is 6.07 Å². The molecule has 0 aromatic heterocycles. The molecule has 0 radical (unpaired) electrons. The van der Waals surface area contributed by atoms with Gasteiger partial charge in [-0.05, 0) is 39.3 Å². The number of hydrogen-bond acceptors (Lipinski definition) is 4. The largest absolute Gasteiger partial charge is 0.598 e. The highest BCUT2D eigenvalue weighted by molar-refractivity contribution is 7.90. The highest BCUT2D eigenvalue weighted by atomic mass is 32.2. The van der Waals surface area contributed by atoms with Crippen LogP contribution in [0.1, 0.15) is 44.9 Å². The van der Waals surface area contributed by atoms with Gasteiger partial charge in [-0.2, -0.15) is 13.2 Å². The van der Waals surface area contributed by atoms with Gasteiger partial charge < -0.3 is 4.55 Å². The summed E-state index contributed by atoms with van der Waals surface area (Å²) in [5.74, 6) is 0. The minimum Gasteiger partial charge on any atom is -0.598 e. The van der Waals surface area contributed by atoms with E-state index in [1.807, 2.05) is 0 Å². The van der Waals surface area contributed by atoms with Crippen molar-refractivity contribution < 1.29 is 22.6 Å². The number of nitro groups is 1. The molecule has 0 saturated carbocycles. The summed E-state index contributed by atoms with van der Waals surface area (Å²) < 4.78 is 52.5. The van der Waals surface area contributed by atoms with Crippen LogP contribution in [0.2, 0.25) is 0 Å². The van der Waals surface area contributed by atoms with Crippen molar-refractivity contribution in [3.63, 3.8) is 0 Å². The molecule has 1 aromatic rings. The minimum atomic E-state index is -4.69. The number of benzene rings is 1. The van der Waals surface area contributed by atoms with Crippen LogP contribution in [-0.4, -0.2) is 14.2 Å². The number of halogens is 3. The second-order valence-corrected chi connectivity index (χ2v) is 7.79. The van der Waals surface area contributed by atoms with Crippen molar-refractivity contribution in [1.82, 2.24) is 4.72 Å². The van der Waals surface area contributed by atoms with Crippen LogP contribution in [0.5, 0.6) is 0 Å². The zero-order valence-electron chi connectivity index (χ0n) is 12.5. The van der Waals surface area contributed by atoms with Crippen LogP contribution in [0.25, 0.3) is 0 Å². The quantitative estimate of drug-likeness (QED) is 0.515. The average Bonchev–Trinajstić information content (AvgIpc) is 2.35. The molecular weight excluding hydrogens is 321 g/mol. The number of alkyl halides is 3. The van der Waals surface area contributed by atoms with Crippen molar-refractivity contribution in [3.05, 3.63) is 39.4 Å². The van der Waals surface area contributed by atoms with Gasteiger partial charge in [-0.3, -0.25) is 10.1 Å². The molecule has 0 aliphatic carbocycles. The Morgan fingerprint density at radius 1 is 1.23 bits per heavy atom. The monoisotopic (exact) mass is 338 g/mol. The van der Waals surface area contributed by atoms with E-state index in [1.165, 1.54) is 6.92 Å². The van der Waals surface area contributed by atoms with Crippen molar-refractivity contribution in [1.29, 1.82) is 0 Å². The van der Waals surface area contributed by atoms with Crippen LogP contribution in [0, 0.1) is 10.1 Å². The lowest BCUT2D eigenvalue weighted by atomic mass is 10.0. The Bertz CT molecular complexity index is 558. The van der Waals surface area contributed by atoms with Crippen molar-refractivity contribution in [2.45, 2.75) is 44.7 Å². The molecule has 5 nitrogen and oxygen atoms in total. The molecule has 124 valence electrons. The second-order valence-electron chi connectivity index (χ2n) is 5.79. The van der Waals surface area contributed by atoms with Crippen LogP contribution in [0.15, 0.2) is 18.2 Å². The van der Waals surface area contributed by atoms with Gasteiger partial charge in [0.05, 0.1) is 16.5 Å². The topological polar surface area (TPSA) is 78.2 Å². The molecule has 22 heavy (non-hydrogen) atoms. The third-order valence-electron chi connectivity index (χ3n) is 2.82. The second kappa shape index (κ2) is 6.43. The van der Waals surface area contributed by atoms with E-state index in [-0.39, 0.29) is 5.56 Å². The molecule has 0 bridgehead atoms. The van der Waals surface area contributed by atoms with Gasteiger partial charge in [-0.25, -0.2) is 0 Å². The lowest BCUT2D eigenvalue weighted by molar-refractivity contribution is -0.385. The van der Waals surface area contributed by atoms with Crippen molar-refractivity contribution in [3.8, 4) is 0 Å². The fraction of sp³-hybridized carbons (Fsp3) is 0.538. The Balaban J connectivity index is 3.18. The van der Waals surface area contributed by atoms with Crippen LogP contribution < -0.4 is 4.72 Å². The number of non-ortho nitro benzene ring substituents is 1. The van der Waals surface area contributed by atoms with E-state index >= 15 is 0 Å². The Morgan fingerprint density at radius 2 is 1.77 bits per heavy atom. The predicted octanol–water partition coefficient (Wildman–Crippen LogP) is 3.73. The van der Waals surface area contributed by atoms with E-state index in [4.69, 9.17) is 0 Å². The number of hydrogen-bond donors (Lipinski definition) is 1. The smallest absolute Gasteiger partial charge is 0.416 e. The van der Waals surface area contributed by atoms with Crippen LogP contribution >= 0.6 is 0 Å². The fourth-order valence-electron chi connectivity index (χ4n) is 1.56. The van der Waals surface area contributed by atoms with Gasteiger partial charge >= 0.3 is 6.18 Å². The van der Waals surface area contributed by atoms with Gasteiger partial charge in [-0.1, -0.05) is 0 Å². The van der Waals surface area contributed by atoms with Gasteiger partial charge in [0, 0.05) is 23.5 Å². The molecule has 0 spiro atoms. The maximum atomic E-state index is 12.8. The molecular formula is C13H17F3N2O3S. The Kier molecular flexibility index (Phi) is 5.47. The van der Waals surface area contributed by atoms with Crippen molar-refractivity contribution >= 4 is 17.0 Å². The van der Waals surface area contributed by atoms with E-state index < -0.39 is 44.5 Å². The molecule has 2 atom stereocenters. The van der Waals surface area contributed by atoms with Gasteiger partial charge in [-0.15, -0.1) is 4.72 Å². The fourth-order valence-corrected chi connectivity index (χ4v) is 2.37. The molecule has 0 amide bonds. The normalized spacial score (nSPS) is 15.5. The molecule has 0 heterocycles. The number of nitrogens with zero attached hydrogens (tertiary/aromatic N) is 1. The number of nitrogens with one attached hydrogen (secondary N) is 1. The zero-order chi connectivity index (χ0) is 17.3. The van der Waals surface area contributed by atoms with E-state index in [1.54, 1.807) is 20.8 Å². The standard InChI is InChI=1S/C13H17F3N2O3S/c1-8(17-22(21)12(2,3)4)9-5-10(13(14,15)16)7-11(6-9)18(19)20/h5-8,17H,1-4H3/t8-,22?/m1/s1. The van der Waals surface area contributed by atoms with Crippen molar-refractivity contribution in [2.75, 3.05) is 0 Å². The third kappa shape index (κ3) is 4.85. The lowest BCUT2D eigenvalue weighted by Crippen LogP contribution is -2.40. The van der Waals surface area contributed by atoms with Crippen molar-refractivity contribution in [2.24, 2.45) is 0 Å². The van der Waals surface area contributed by atoms with Crippen LogP contribution in [0.3, 0.4) is 0 Å². The average molecular weight is 338 g/mol. The first-order valence-corrected chi connectivity index (χ1v) is 7.52. The summed E-state index contributed by atoms with van der Waals surface area (Å²) in [6.45, 7) is 6.62. The van der Waals surface area contributed by atoms with Gasteiger partial charge in [0.15, 0.2) is 0 Å². The highest BCUT2D eigenvalue weighted by Gasteiger charge is 2.34. The van der Waals surface area contributed by atoms with E-state index in [2.05, 4.69) is 4.72 Å². The Labute approximate surface area is 129 Å². The summed E-state index contributed by atoms with van der Waals surface area (Å²) in [6.07, 6.45) is -4.69. The molecule has 1 N–H and O–H groups in total. The van der Waals surface area contributed by atoms with Gasteiger partial charge in [0.1, 0.15) is 4.75 Å². The first-order chi connectivity index (χ1) is 9.82. The molecule has 1 unspecified atom stereocenters. The summed E-state index contributed by atoms with van der Waals surface area (Å²) >= 11 is -1.51.